The molecule has 0 saturated carbocycles. The summed E-state index contributed by atoms with van der Waals surface area (Å²) in [6.45, 7) is 4.46. The quantitative estimate of drug-likeness (QED) is 0.480. The second-order valence-corrected chi connectivity index (χ2v) is 5.49. The van der Waals surface area contributed by atoms with Crippen LogP contribution in [0.3, 0.4) is 0 Å². The third kappa shape index (κ3) is 4.85. The van der Waals surface area contributed by atoms with Crippen molar-refractivity contribution < 1.29 is 4.74 Å². The van der Waals surface area contributed by atoms with Gasteiger partial charge in [-0.2, -0.15) is 14.9 Å². The topological polar surface area (TPSA) is 72.3 Å². The summed E-state index contributed by atoms with van der Waals surface area (Å²) >= 11 is 5.03. The number of ether oxygens (including phenoxy) is 1. The van der Waals surface area contributed by atoms with Gasteiger partial charge in [0.2, 0.25) is 4.77 Å². The number of H-pyrrole nitrogens is 1. The molecule has 122 valence electrons. The fraction of sp³-hybridized carbons (Fsp3) is 0.375. The van der Waals surface area contributed by atoms with Crippen molar-refractivity contribution in [3.63, 3.8) is 0 Å². The smallest absolute Gasteiger partial charge is 0.296 e. The minimum atomic E-state index is -0.336. The summed E-state index contributed by atoms with van der Waals surface area (Å²) in [4.78, 5) is 12.0. The third-order valence-corrected chi connectivity index (χ3v) is 3.47. The van der Waals surface area contributed by atoms with E-state index in [1.165, 1.54) is 0 Å². The molecule has 1 N–H and O–H groups in total. The van der Waals surface area contributed by atoms with Crippen molar-refractivity contribution in [3.05, 3.63) is 50.6 Å². The van der Waals surface area contributed by atoms with Gasteiger partial charge in [0, 0.05) is 0 Å². The molecule has 0 bridgehead atoms. The van der Waals surface area contributed by atoms with E-state index >= 15 is 0 Å². The van der Waals surface area contributed by atoms with Gasteiger partial charge in [0.05, 0.1) is 12.8 Å². The Morgan fingerprint density at radius 1 is 1.43 bits per heavy atom. The minimum Gasteiger partial charge on any atom is -0.494 e. The average molecular weight is 332 g/mol. The van der Waals surface area contributed by atoms with Crippen molar-refractivity contribution in [2.75, 3.05) is 6.61 Å². The first-order chi connectivity index (χ1) is 11.1. The highest BCUT2D eigenvalue weighted by atomic mass is 32.1. The number of nitrogens with one attached hydrogen (secondary N) is 1. The van der Waals surface area contributed by atoms with Crippen molar-refractivity contribution in [1.29, 1.82) is 0 Å². The van der Waals surface area contributed by atoms with Crippen molar-refractivity contribution in [1.82, 2.24) is 14.9 Å². The van der Waals surface area contributed by atoms with Gasteiger partial charge in [0.25, 0.3) is 5.56 Å². The molecule has 0 unspecified atom stereocenters. The van der Waals surface area contributed by atoms with Crippen LogP contribution in [0.5, 0.6) is 5.75 Å². The summed E-state index contributed by atoms with van der Waals surface area (Å²) in [7, 11) is 0. The Bertz CT molecular complexity index is 795. The monoisotopic (exact) mass is 332 g/mol. The summed E-state index contributed by atoms with van der Waals surface area (Å²) in [6.07, 6.45) is 4.93. The summed E-state index contributed by atoms with van der Waals surface area (Å²) < 4.78 is 6.97. The molecule has 1 heterocycles. The number of aromatic amines is 1. The molecule has 2 aromatic rings. The number of benzene rings is 1. The molecule has 0 radical (unpaired) electrons. The zero-order valence-corrected chi connectivity index (χ0v) is 14.1. The number of rotatable bonds is 7. The summed E-state index contributed by atoms with van der Waals surface area (Å²) in [5.74, 6) is 0.786. The van der Waals surface area contributed by atoms with Crippen LogP contribution in [0.1, 0.15) is 37.4 Å². The van der Waals surface area contributed by atoms with Crippen LogP contribution in [0.25, 0.3) is 0 Å². The summed E-state index contributed by atoms with van der Waals surface area (Å²) in [5.41, 5.74) is 0.800. The summed E-state index contributed by atoms with van der Waals surface area (Å²) in [6, 6.07) is 7.55. The third-order valence-electron chi connectivity index (χ3n) is 3.21. The van der Waals surface area contributed by atoms with Crippen LogP contribution >= 0.6 is 12.2 Å². The fourth-order valence-corrected chi connectivity index (χ4v) is 2.10. The van der Waals surface area contributed by atoms with Gasteiger partial charge in [-0.1, -0.05) is 31.9 Å². The lowest BCUT2D eigenvalue weighted by Crippen LogP contribution is -2.22. The van der Waals surface area contributed by atoms with Crippen molar-refractivity contribution in [3.8, 4) is 5.75 Å². The Hall–Kier alpha value is -2.28. The maximum Gasteiger partial charge on any atom is 0.296 e. The Morgan fingerprint density at radius 3 is 3.04 bits per heavy atom. The highest BCUT2D eigenvalue weighted by Gasteiger charge is 2.01. The Labute approximate surface area is 139 Å². The number of hydrogen-bond donors (Lipinski definition) is 1. The lowest BCUT2D eigenvalue weighted by atomic mass is 10.2. The lowest BCUT2D eigenvalue weighted by molar-refractivity contribution is 0.306. The Morgan fingerprint density at radius 2 is 2.26 bits per heavy atom. The highest BCUT2D eigenvalue weighted by molar-refractivity contribution is 7.71. The number of nitrogens with zero attached hydrogens (tertiary/aromatic N) is 3. The van der Waals surface area contributed by atoms with E-state index in [0.29, 0.717) is 12.3 Å². The van der Waals surface area contributed by atoms with Crippen LogP contribution in [0.4, 0.5) is 0 Å². The summed E-state index contributed by atoms with van der Waals surface area (Å²) in [5, 5.41) is 10.5. The number of aromatic nitrogens is 3. The first kappa shape index (κ1) is 17.1. The molecule has 0 fully saturated rings. The minimum absolute atomic E-state index is 0.156. The van der Waals surface area contributed by atoms with E-state index in [0.717, 1.165) is 35.3 Å². The van der Waals surface area contributed by atoms with Crippen molar-refractivity contribution in [2.24, 2.45) is 5.10 Å². The molecule has 2 rings (SSSR count). The number of unbranched alkanes of at least 4 members (excludes halogenated alkanes) is 2. The zero-order valence-electron chi connectivity index (χ0n) is 13.3. The number of aryl methyl sites for hydroxylation is 1. The van der Waals surface area contributed by atoms with Gasteiger partial charge in [0.15, 0.2) is 0 Å². The highest BCUT2D eigenvalue weighted by Crippen LogP contribution is 2.12. The molecule has 0 aliphatic rings. The van der Waals surface area contributed by atoms with Gasteiger partial charge in [-0.05, 0) is 43.3 Å². The molecule has 0 aliphatic carbocycles. The standard InChI is InChI=1S/C16H20N4O2S/c1-3-4-5-9-22-14-8-6-7-13(10-14)11-17-20-15(21)12(2)18-19-16(20)23/h6-8,10-11H,3-5,9H2,1-2H3,(H,19,23)/b17-11+. The molecular formula is C16H20N4O2S. The van der Waals surface area contributed by atoms with Crippen LogP contribution < -0.4 is 10.3 Å². The van der Waals surface area contributed by atoms with Crippen LogP contribution in [0.2, 0.25) is 0 Å². The number of hydrogen-bond acceptors (Lipinski definition) is 5. The fourth-order valence-electron chi connectivity index (χ4n) is 1.93. The van der Waals surface area contributed by atoms with Gasteiger partial charge >= 0.3 is 0 Å². The van der Waals surface area contributed by atoms with Crippen LogP contribution in [0.15, 0.2) is 34.2 Å². The van der Waals surface area contributed by atoms with Crippen molar-refractivity contribution in [2.45, 2.75) is 33.1 Å². The predicted molar refractivity (Wildman–Crippen MR) is 92.9 cm³/mol. The molecule has 7 heteroatoms. The van der Waals surface area contributed by atoms with Crippen LogP contribution in [0, 0.1) is 11.7 Å². The molecule has 6 nitrogen and oxygen atoms in total. The van der Waals surface area contributed by atoms with E-state index in [1.54, 1.807) is 13.1 Å². The second kappa shape index (κ2) is 8.38. The van der Waals surface area contributed by atoms with Gasteiger partial charge in [0.1, 0.15) is 11.4 Å². The largest absolute Gasteiger partial charge is 0.494 e. The molecule has 0 saturated heterocycles. The predicted octanol–water partition coefficient (Wildman–Crippen LogP) is 3.06. The molecule has 1 aromatic heterocycles. The molecule has 0 amide bonds. The SMILES string of the molecule is CCCCCOc1cccc(/C=N/n2c(=S)[nH]nc(C)c2=O)c1. The lowest BCUT2D eigenvalue weighted by Gasteiger charge is -2.06. The molecule has 0 aliphatic heterocycles. The van der Waals surface area contributed by atoms with E-state index in [-0.39, 0.29) is 10.3 Å². The van der Waals surface area contributed by atoms with Gasteiger partial charge in [-0.3, -0.25) is 9.89 Å². The van der Waals surface area contributed by atoms with Gasteiger partial charge < -0.3 is 4.74 Å². The zero-order chi connectivity index (χ0) is 16.7. The van der Waals surface area contributed by atoms with E-state index in [9.17, 15) is 4.79 Å². The van der Waals surface area contributed by atoms with Crippen molar-refractivity contribution >= 4 is 18.4 Å². The van der Waals surface area contributed by atoms with Gasteiger partial charge in [-0.25, -0.2) is 0 Å². The first-order valence-electron chi connectivity index (χ1n) is 7.57. The van der Waals surface area contributed by atoms with Crippen LogP contribution in [-0.2, 0) is 0 Å². The van der Waals surface area contributed by atoms with E-state index in [1.807, 2.05) is 24.3 Å². The molecule has 0 spiro atoms. The Balaban J connectivity index is 2.13. The first-order valence-corrected chi connectivity index (χ1v) is 7.98. The van der Waals surface area contributed by atoms with Gasteiger partial charge in [-0.15, -0.1) is 0 Å². The van der Waals surface area contributed by atoms with E-state index in [2.05, 4.69) is 22.2 Å². The maximum absolute atomic E-state index is 12.0. The normalized spacial score (nSPS) is 11.0. The molecule has 0 atom stereocenters. The second-order valence-electron chi connectivity index (χ2n) is 5.10. The Kier molecular flexibility index (Phi) is 6.22. The van der Waals surface area contributed by atoms with E-state index in [4.69, 9.17) is 17.0 Å². The average Bonchev–Trinajstić information content (AvgIpc) is 2.56. The maximum atomic E-state index is 12.0. The molecule has 1 aromatic carbocycles. The van der Waals surface area contributed by atoms with E-state index < -0.39 is 0 Å². The molecular weight excluding hydrogens is 312 g/mol. The van der Waals surface area contributed by atoms with Crippen LogP contribution in [-0.4, -0.2) is 27.7 Å². The molecule has 23 heavy (non-hydrogen) atoms.